The Labute approximate surface area is 161 Å². The van der Waals surface area contributed by atoms with Crippen molar-refractivity contribution in [3.8, 4) is 0 Å². The molecule has 150 valence electrons. The van der Waals surface area contributed by atoms with Crippen LogP contribution in [-0.4, -0.2) is 32.3 Å². The number of hydrogen-bond donors (Lipinski definition) is 1. The van der Waals surface area contributed by atoms with Crippen LogP contribution in [0.15, 0.2) is 59.5 Å². The number of carbonyl (C=O) groups excluding carboxylic acids is 1. The van der Waals surface area contributed by atoms with E-state index in [0.29, 0.717) is 13.1 Å². The van der Waals surface area contributed by atoms with E-state index >= 15 is 0 Å². The highest BCUT2D eigenvalue weighted by molar-refractivity contribution is 7.89. The number of rotatable bonds is 6. The maximum absolute atomic E-state index is 13.1. The first-order valence-corrected chi connectivity index (χ1v) is 10.1. The molecule has 1 aliphatic rings. The zero-order valence-corrected chi connectivity index (χ0v) is 15.6. The van der Waals surface area contributed by atoms with Crippen LogP contribution in [0.2, 0.25) is 0 Å². The number of nitrogens with zero attached hydrogens (tertiary/aromatic N) is 1. The van der Waals surface area contributed by atoms with E-state index in [1.54, 1.807) is 4.90 Å². The van der Waals surface area contributed by atoms with Gasteiger partial charge in [-0.05, 0) is 23.6 Å². The molecule has 5 nitrogen and oxygen atoms in total. The highest BCUT2D eigenvalue weighted by atomic mass is 32.2. The van der Waals surface area contributed by atoms with Gasteiger partial charge in [0, 0.05) is 26.1 Å². The monoisotopic (exact) mass is 412 g/mol. The van der Waals surface area contributed by atoms with Crippen molar-refractivity contribution in [2.75, 3.05) is 13.1 Å². The van der Waals surface area contributed by atoms with Crippen LogP contribution in [0, 0.1) is 5.92 Å². The van der Waals surface area contributed by atoms with Crippen molar-refractivity contribution in [2.24, 2.45) is 5.92 Å². The summed E-state index contributed by atoms with van der Waals surface area (Å²) >= 11 is 0. The van der Waals surface area contributed by atoms with Gasteiger partial charge in [-0.1, -0.05) is 42.5 Å². The number of alkyl halides is 3. The fraction of sp³-hybridized carbons (Fsp3) is 0.316. The Morgan fingerprint density at radius 1 is 1.04 bits per heavy atom. The second-order valence-electron chi connectivity index (χ2n) is 6.68. The fourth-order valence-electron chi connectivity index (χ4n) is 3.19. The van der Waals surface area contributed by atoms with E-state index < -0.39 is 26.7 Å². The van der Waals surface area contributed by atoms with Crippen molar-refractivity contribution in [2.45, 2.75) is 24.0 Å². The third-order valence-electron chi connectivity index (χ3n) is 4.55. The summed E-state index contributed by atoms with van der Waals surface area (Å²) in [5, 5.41) is 0. The van der Waals surface area contributed by atoms with Crippen LogP contribution in [0.4, 0.5) is 13.2 Å². The quantitative estimate of drug-likeness (QED) is 0.793. The van der Waals surface area contributed by atoms with E-state index in [9.17, 15) is 26.4 Å². The minimum Gasteiger partial charge on any atom is -0.338 e. The van der Waals surface area contributed by atoms with E-state index in [4.69, 9.17) is 0 Å². The number of hydrogen-bond acceptors (Lipinski definition) is 3. The molecule has 2 aromatic carbocycles. The average Bonchev–Trinajstić information content (AvgIpc) is 3.00. The minimum atomic E-state index is -4.78. The molecule has 0 radical (unpaired) electrons. The lowest BCUT2D eigenvalue weighted by Gasteiger charge is -2.17. The summed E-state index contributed by atoms with van der Waals surface area (Å²) in [6, 6.07) is 13.4. The van der Waals surface area contributed by atoms with Crippen LogP contribution in [0.5, 0.6) is 0 Å². The lowest BCUT2D eigenvalue weighted by Crippen LogP contribution is -2.32. The number of benzene rings is 2. The maximum Gasteiger partial charge on any atom is 0.417 e. The SMILES string of the molecule is O=C1CC(CNS(=O)(=O)c2ccccc2C(F)(F)F)CN1Cc1ccccc1. The zero-order valence-electron chi connectivity index (χ0n) is 14.8. The molecular formula is C19H19F3N2O3S. The molecule has 1 N–H and O–H groups in total. The Kier molecular flexibility index (Phi) is 5.76. The van der Waals surface area contributed by atoms with Gasteiger partial charge in [0.05, 0.1) is 10.5 Å². The van der Waals surface area contributed by atoms with Gasteiger partial charge in [0.15, 0.2) is 0 Å². The van der Waals surface area contributed by atoms with Crippen LogP contribution in [-0.2, 0) is 27.5 Å². The molecule has 28 heavy (non-hydrogen) atoms. The van der Waals surface area contributed by atoms with Crippen molar-refractivity contribution in [3.05, 3.63) is 65.7 Å². The Bertz CT molecular complexity index is 946. The first-order valence-electron chi connectivity index (χ1n) is 8.64. The summed E-state index contributed by atoms with van der Waals surface area (Å²) in [6.45, 7) is 0.655. The maximum atomic E-state index is 13.1. The molecule has 3 rings (SSSR count). The smallest absolute Gasteiger partial charge is 0.338 e. The molecule has 0 aliphatic carbocycles. The topological polar surface area (TPSA) is 66.5 Å². The molecule has 0 saturated carbocycles. The predicted octanol–water partition coefficient (Wildman–Crippen LogP) is 3.03. The lowest BCUT2D eigenvalue weighted by atomic mass is 10.1. The minimum absolute atomic E-state index is 0.106. The Morgan fingerprint density at radius 2 is 1.68 bits per heavy atom. The van der Waals surface area contributed by atoms with Crippen LogP contribution < -0.4 is 4.72 Å². The van der Waals surface area contributed by atoms with E-state index in [0.717, 1.165) is 23.8 Å². The van der Waals surface area contributed by atoms with Crippen LogP contribution in [0.25, 0.3) is 0 Å². The molecule has 1 aliphatic heterocycles. The normalized spacial score (nSPS) is 17.9. The van der Waals surface area contributed by atoms with E-state index in [-0.39, 0.29) is 24.8 Å². The highest BCUT2D eigenvalue weighted by Gasteiger charge is 2.37. The number of halogens is 3. The Balaban J connectivity index is 1.65. The van der Waals surface area contributed by atoms with E-state index in [1.807, 2.05) is 30.3 Å². The van der Waals surface area contributed by atoms with Gasteiger partial charge in [0.25, 0.3) is 0 Å². The van der Waals surface area contributed by atoms with Crippen molar-refractivity contribution in [3.63, 3.8) is 0 Å². The molecule has 1 amide bonds. The molecule has 1 unspecified atom stereocenters. The summed E-state index contributed by atoms with van der Waals surface area (Å²) in [7, 11) is -4.36. The molecule has 0 aromatic heterocycles. The number of carbonyl (C=O) groups is 1. The van der Waals surface area contributed by atoms with Gasteiger partial charge in [-0.25, -0.2) is 13.1 Å². The second kappa shape index (κ2) is 7.92. The third-order valence-corrected chi connectivity index (χ3v) is 6.04. The molecule has 2 aromatic rings. The van der Waals surface area contributed by atoms with Gasteiger partial charge in [-0.15, -0.1) is 0 Å². The zero-order chi connectivity index (χ0) is 20.4. The van der Waals surface area contributed by atoms with Crippen LogP contribution in [0.3, 0.4) is 0 Å². The first kappa shape index (κ1) is 20.3. The van der Waals surface area contributed by atoms with Crippen LogP contribution in [0.1, 0.15) is 17.5 Å². The van der Waals surface area contributed by atoms with Crippen molar-refractivity contribution in [1.29, 1.82) is 0 Å². The molecule has 1 heterocycles. The number of sulfonamides is 1. The van der Waals surface area contributed by atoms with Gasteiger partial charge in [0.1, 0.15) is 0 Å². The summed E-state index contributed by atoms with van der Waals surface area (Å²) in [4.78, 5) is 13.0. The van der Waals surface area contributed by atoms with E-state index in [2.05, 4.69) is 4.72 Å². The van der Waals surface area contributed by atoms with Crippen molar-refractivity contribution >= 4 is 15.9 Å². The molecule has 1 atom stereocenters. The molecule has 1 fully saturated rings. The Morgan fingerprint density at radius 3 is 2.36 bits per heavy atom. The number of amides is 1. The average molecular weight is 412 g/mol. The van der Waals surface area contributed by atoms with Crippen molar-refractivity contribution in [1.82, 2.24) is 9.62 Å². The summed E-state index contributed by atoms with van der Waals surface area (Å²) in [5.41, 5.74) is -0.258. The molecule has 0 spiro atoms. The van der Waals surface area contributed by atoms with Gasteiger partial charge >= 0.3 is 6.18 Å². The van der Waals surface area contributed by atoms with Gasteiger partial charge in [0.2, 0.25) is 15.9 Å². The second-order valence-corrected chi connectivity index (χ2v) is 8.41. The lowest BCUT2D eigenvalue weighted by molar-refractivity contribution is -0.139. The number of nitrogens with one attached hydrogen (secondary N) is 1. The van der Waals surface area contributed by atoms with Crippen molar-refractivity contribution < 1.29 is 26.4 Å². The highest BCUT2D eigenvalue weighted by Crippen LogP contribution is 2.34. The molecule has 1 saturated heterocycles. The third kappa shape index (κ3) is 4.71. The number of likely N-dealkylation sites (tertiary alicyclic amines) is 1. The first-order chi connectivity index (χ1) is 13.2. The van der Waals surface area contributed by atoms with E-state index in [1.165, 1.54) is 6.07 Å². The largest absolute Gasteiger partial charge is 0.417 e. The Hall–Kier alpha value is -2.39. The molecular weight excluding hydrogens is 393 g/mol. The molecule has 0 bridgehead atoms. The van der Waals surface area contributed by atoms with Crippen LogP contribution >= 0.6 is 0 Å². The standard InChI is InChI=1S/C19H19F3N2O3S/c20-19(21,22)16-8-4-5-9-17(16)28(26,27)23-11-15-10-18(25)24(13-15)12-14-6-2-1-3-7-14/h1-9,15,23H,10-13H2. The summed E-state index contributed by atoms with van der Waals surface area (Å²) in [5.74, 6) is -0.409. The summed E-state index contributed by atoms with van der Waals surface area (Å²) in [6.07, 6.45) is -4.63. The summed E-state index contributed by atoms with van der Waals surface area (Å²) < 4.78 is 66.3. The fourth-order valence-corrected chi connectivity index (χ4v) is 4.53. The van der Waals surface area contributed by atoms with Gasteiger partial charge < -0.3 is 4.90 Å². The molecule has 9 heteroatoms. The van der Waals surface area contributed by atoms with Gasteiger partial charge in [-0.2, -0.15) is 13.2 Å². The predicted molar refractivity (Wildman–Crippen MR) is 96.6 cm³/mol. The van der Waals surface area contributed by atoms with Gasteiger partial charge in [-0.3, -0.25) is 4.79 Å².